The predicted octanol–water partition coefficient (Wildman–Crippen LogP) is 4.13. The van der Waals surface area contributed by atoms with E-state index in [0.29, 0.717) is 5.56 Å². The number of rotatable bonds is 4. The van der Waals surface area contributed by atoms with Crippen molar-refractivity contribution >= 4 is 28.1 Å². The molecule has 0 bridgehead atoms. The third-order valence-corrected chi connectivity index (χ3v) is 4.36. The summed E-state index contributed by atoms with van der Waals surface area (Å²) in [4.78, 5) is 18.7. The van der Waals surface area contributed by atoms with Crippen LogP contribution >= 0.6 is 11.3 Å². The molecule has 0 unspecified atom stereocenters. The van der Waals surface area contributed by atoms with E-state index in [1.54, 1.807) is 23.5 Å². The molecule has 23 heavy (non-hydrogen) atoms. The third-order valence-electron chi connectivity index (χ3n) is 3.35. The van der Waals surface area contributed by atoms with Gasteiger partial charge in [-0.15, -0.1) is 11.3 Å². The molecule has 3 rings (SSSR count). The van der Waals surface area contributed by atoms with E-state index in [9.17, 15) is 4.79 Å². The second kappa shape index (κ2) is 6.62. The van der Waals surface area contributed by atoms with Gasteiger partial charge in [-0.25, -0.2) is 4.98 Å². The van der Waals surface area contributed by atoms with Gasteiger partial charge in [-0.2, -0.15) is 0 Å². The van der Waals surface area contributed by atoms with Crippen molar-refractivity contribution < 1.29 is 4.79 Å². The minimum Gasteiger partial charge on any atom is -0.354 e. The van der Waals surface area contributed by atoms with E-state index >= 15 is 0 Å². The normalized spacial score (nSPS) is 10.3. The van der Waals surface area contributed by atoms with Crippen molar-refractivity contribution in [2.75, 3.05) is 24.3 Å². The Morgan fingerprint density at radius 1 is 1.04 bits per heavy atom. The lowest BCUT2D eigenvalue weighted by Crippen LogP contribution is -2.11. The zero-order valence-electron chi connectivity index (χ0n) is 13.0. The highest BCUT2D eigenvalue weighted by Gasteiger charge is 2.08. The van der Waals surface area contributed by atoms with E-state index < -0.39 is 0 Å². The summed E-state index contributed by atoms with van der Waals surface area (Å²) in [5, 5.41) is 5.90. The van der Waals surface area contributed by atoms with E-state index in [-0.39, 0.29) is 5.91 Å². The fourth-order valence-electron chi connectivity index (χ4n) is 2.12. The number of anilines is 2. The summed E-state index contributed by atoms with van der Waals surface area (Å²) >= 11 is 1.61. The molecule has 0 saturated carbocycles. The molecule has 3 aromatic rings. The molecule has 0 aliphatic heterocycles. The molecule has 1 heterocycles. The van der Waals surface area contributed by atoms with Gasteiger partial charge < -0.3 is 10.2 Å². The van der Waals surface area contributed by atoms with Crippen LogP contribution in [0.4, 0.5) is 10.8 Å². The van der Waals surface area contributed by atoms with Crippen LogP contribution in [0.2, 0.25) is 0 Å². The Hall–Kier alpha value is -2.66. The number of thiazole rings is 1. The Morgan fingerprint density at radius 3 is 2.35 bits per heavy atom. The Labute approximate surface area is 139 Å². The van der Waals surface area contributed by atoms with Crippen LogP contribution in [0.3, 0.4) is 0 Å². The average Bonchev–Trinajstić information content (AvgIpc) is 3.07. The zero-order chi connectivity index (χ0) is 16.2. The molecule has 2 aromatic carbocycles. The number of nitrogens with one attached hydrogen (secondary N) is 1. The number of nitrogens with zero attached hydrogens (tertiary/aromatic N) is 2. The van der Waals surface area contributed by atoms with Crippen molar-refractivity contribution in [2.45, 2.75) is 0 Å². The first kappa shape index (κ1) is 15.2. The van der Waals surface area contributed by atoms with Crippen molar-refractivity contribution in [3.63, 3.8) is 0 Å². The van der Waals surface area contributed by atoms with Crippen LogP contribution in [-0.4, -0.2) is 25.0 Å². The minimum atomic E-state index is -0.109. The zero-order valence-corrected chi connectivity index (χ0v) is 13.8. The molecule has 0 aliphatic carbocycles. The number of carbonyl (C=O) groups excluding carboxylic acids is 1. The number of hydrogen-bond donors (Lipinski definition) is 1. The largest absolute Gasteiger partial charge is 0.354 e. The first-order valence-corrected chi connectivity index (χ1v) is 8.11. The maximum absolute atomic E-state index is 12.1. The van der Waals surface area contributed by atoms with Gasteiger partial charge in [0.05, 0.1) is 5.69 Å². The molecule has 1 aromatic heterocycles. The summed E-state index contributed by atoms with van der Waals surface area (Å²) in [6.07, 6.45) is 0. The van der Waals surface area contributed by atoms with Gasteiger partial charge in [0, 0.05) is 36.3 Å². The summed E-state index contributed by atoms with van der Waals surface area (Å²) in [6, 6.07) is 16.9. The van der Waals surface area contributed by atoms with Crippen molar-refractivity contribution in [2.24, 2.45) is 0 Å². The summed E-state index contributed by atoms with van der Waals surface area (Å²) < 4.78 is 0. The third kappa shape index (κ3) is 3.57. The highest BCUT2D eigenvalue weighted by Crippen LogP contribution is 2.27. The molecule has 0 saturated heterocycles. The molecule has 0 radical (unpaired) electrons. The maximum atomic E-state index is 12.1. The van der Waals surface area contributed by atoms with Crippen molar-refractivity contribution in [3.05, 3.63) is 65.5 Å². The molecule has 4 nitrogen and oxygen atoms in total. The smallest absolute Gasteiger partial charge is 0.255 e. The first-order valence-electron chi connectivity index (χ1n) is 7.23. The second-order valence-electron chi connectivity index (χ2n) is 5.31. The molecular formula is C18H17N3OS. The van der Waals surface area contributed by atoms with Gasteiger partial charge in [0.15, 0.2) is 5.13 Å². The molecule has 116 valence electrons. The number of benzene rings is 2. The SMILES string of the molecule is CN(C)c1nc(-c2ccc(NC(=O)c3ccccc3)cc2)cs1. The van der Waals surface area contributed by atoms with Crippen LogP contribution in [0, 0.1) is 0 Å². The van der Waals surface area contributed by atoms with Gasteiger partial charge in [-0.05, 0) is 24.3 Å². The Bertz CT molecular complexity index is 795. The number of aromatic nitrogens is 1. The van der Waals surface area contributed by atoms with Gasteiger partial charge in [0.25, 0.3) is 5.91 Å². The molecule has 5 heteroatoms. The fourth-order valence-corrected chi connectivity index (χ4v) is 2.89. The number of hydrogen-bond acceptors (Lipinski definition) is 4. The number of amides is 1. The van der Waals surface area contributed by atoms with Gasteiger partial charge >= 0.3 is 0 Å². The lowest BCUT2D eigenvalue weighted by molar-refractivity contribution is 0.102. The quantitative estimate of drug-likeness (QED) is 0.785. The van der Waals surface area contributed by atoms with Gasteiger partial charge in [0.2, 0.25) is 0 Å². The Balaban J connectivity index is 1.73. The molecular weight excluding hydrogens is 306 g/mol. The van der Waals surface area contributed by atoms with E-state index in [1.807, 2.05) is 66.8 Å². The van der Waals surface area contributed by atoms with Gasteiger partial charge in [-0.1, -0.05) is 30.3 Å². The lowest BCUT2D eigenvalue weighted by Gasteiger charge is -2.07. The highest BCUT2D eigenvalue weighted by atomic mass is 32.1. The van der Waals surface area contributed by atoms with Crippen LogP contribution in [0.15, 0.2) is 60.0 Å². The monoisotopic (exact) mass is 323 g/mol. The summed E-state index contributed by atoms with van der Waals surface area (Å²) in [5.41, 5.74) is 3.39. The average molecular weight is 323 g/mol. The first-order chi connectivity index (χ1) is 11.1. The van der Waals surface area contributed by atoms with Crippen LogP contribution in [0.5, 0.6) is 0 Å². The van der Waals surface area contributed by atoms with Gasteiger partial charge in [0.1, 0.15) is 0 Å². The van der Waals surface area contributed by atoms with Crippen LogP contribution < -0.4 is 10.2 Å². The van der Waals surface area contributed by atoms with Crippen LogP contribution in [-0.2, 0) is 0 Å². The summed E-state index contributed by atoms with van der Waals surface area (Å²) in [6.45, 7) is 0. The Kier molecular flexibility index (Phi) is 4.39. The van der Waals surface area contributed by atoms with E-state index in [4.69, 9.17) is 0 Å². The maximum Gasteiger partial charge on any atom is 0.255 e. The van der Waals surface area contributed by atoms with Crippen molar-refractivity contribution in [1.82, 2.24) is 4.98 Å². The summed E-state index contributed by atoms with van der Waals surface area (Å²) in [5.74, 6) is -0.109. The molecule has 0 fully saturated rings. The van der Waals surface area contributed by atoms with Crippen LogP contribution in [0.25, 0.3) is 11.3 Å². The minimum absolute atomic E-state index is 0.109. The second-order valence-corrected chi connectivity index (χ2v) is 6.14. The highest BCUT2D eigenvalue weighted by molar-refractivity contribution is 7.14. The fraction of sp³-hybridized carbons (Fsp3) is 0.111. The predicted molar refractivity (Wildman–Crippen MR) is 96.3 cm³/mol. The lowest BCUT2D eigenvalue weighted by atomic mass is 10.1. The standard InChI is InChI=1S/C18H17N3OS/c1-21(2)18-20-16(12-23-18)13-8-10-15(11-9-13)19-17(22)14-6-4-3-5-7-14/h3-12H,1-2H3,(H,19,22). The van der Waals surface area contributed by atoms with Crippen molar-refractivity contribution in [1.29, 1.82) is 0 Å². The van der Waals surface area contributed by atoms with Gasteiger partial charge in [-0.3, -0.25) is 4.79 Å². The molecule has 1 amide bonds. The van der Waals surface area contributed by atoms with Crippen LogP contribution in [0.1, 0.15) is 10.4 Å². The molecule has 0 atom stereocenters. The van der Waals surface area contributed by atoms with E-state index in [1.165, 1.54) is 0 Å². The van der Waals surface area contributed by atoms with E-state index in [2.05, 4.69) is 10.3 Å². The topological polar surface area (TPSA) is 45.2 Å². The van der Waals surface area contributed by atoms with E-state index in [0.717, 1.165) is 22.1 Å². The molecule has 0 spiro atoms. The molecule has 1 N–H and O–H groups in total. The summed E-state index contributed by atoms with van der Waals surface area (Å²) in [7, 11) is 3.95. The number of carbonyl (C=O) groups is 1. The molecule has 0 aliphatic rings. The Morgan fingerprint density at radius 2 is 1.74 bits per heavy atom. The van der Waals surface area contributed by atoms with Crippen molar-refractivity contribution in [3.8, 4) is 11.3 Å².